The SMILES string of the molecule is C#Cc1c(C(N)=O)nnn1[C@@]1(O)O[C@H](CO)[C@@H](O)[C@H]1O. The molecule has 10 heteroatoms. The number of aliphatic hydroxyl groups is 4. The lowest BCUT2D eigenvalue weighted by Crippen LogP contribution is -2.47. The van der Waals surface area contributed by atoms with Crippen LogP contribution in [0.5, 0.6) is 0 Å². The number of hydrogen-bond acceptors (Lipinski definition) is 8. The van der Waals surface area contributed by atoms with Gasteiger partial charge >= 0.3 is 5.91 Å². The Morgan fingerprint density at radius 1 is 1.60 bits per heavy atom. The van der Waals surface area contributed by atoms with Crippen LogP contribution in [-0.4, -0.2) is 66.2 Å². The van der Waals surface area contributed by atoms with E-state index in [1.807, 2.05) is 5.92 Å². The molecule has 0 saturated carbocycles. The number of carbonyl (C=O) groups is 1. The number of ether oxygens (including phenoxy) is 1. The fourth-order valence-corrected chi connectivity index (χ4v) is 1.91. The number of nitrogens with zero attached hydrogens (tertiary/aromatic N) is 3. The van der Waals surface area contributed by atoms with E-state index < -0.39 is 42.4 Å². The van der Waals surface area contributed by atoms with Crippen molar-refractivity contribution in [2.24, 2.45) is 5.73 Å². The minimum absolute atomic E-state index is 0.329. The van der Waals surface area contributed by atoms with Gasteiger partial charge in [0.05, 0.1) is 6.61 Å². The van der Waals surface area contributed by atoms with Crippen molar-refractivity contribution in [3.8, 4) is 12.3 Å². The summed E-state index contributed by atoms with van der Waals surface area (Å²) in [4.78, 5) is 11.1. The van der Waals surface area contributed by atoms with Gasteiger partial charge in [-0.25, -0.2) is 0 Å². The molecule has 108 valence electrons. The Morgan fingerprint density at radius 2 is 2.25 bits per heavy atom. The van der Waals surface area contributed by atoms with Crippen LogP contribution in [0.3, 0.4) is 0 Å². The number of aliphatic hydroxyl groups excluding tert-OH is 3. The Bertz CT molecular complexity index is 581. The molecule has 0 unspecified atom stereocenters. The molecule has 0 spiro atoms. The summed E-state index contributed by atoms with van der Waals surface area (Å²) in [6.45, 7) is -0.663. The third-order valence-corrected chi connectivity index (χ3v) is 2.94. The molecule has 1 fully saturated rings. The van der Waals surface area contributed by atoms with Crippen LogP contribution in [0.4, 0.5) is 0 Å². The quantitative estimate of drug-likeness (QED) is 0.351. The van der Waals surface area contributed by atoms with Crippen LogP contribution in [-0.2, 0) is 10.6 Å². The van der Waals surface area contributed by atoms with Gasteiger partial charge in [0.2, 0.25) is 0 Å². The van der Waals surface area contributed by atoms with Crippen LogP contribution in [0, 0.1) is 12.3 Å². The first-order valence-corrected chi connectivity index (χ1v) is 5.46. The van der Waals surface area contributed by atoms with Gasteiger partial charge in [-0.2, -0.15) is 4.68 Å². The summed E-state index contributed by atoms with van der Waals surface area (Å²) >= 11 is 0. The van der Waals surface area contributed by atoms with Gasteiger partial charge in [-0.15, -0.1) is 11.5 Å². The van der Waals surface area contributed by atoms with E-state index in [0.29, 0.717) is 4.68 Å². The normalized spacial score (nSPS) is 33.0. The molecule has 0 aliphatic carbocycles. The van der Waals surface area contributed by atoms with Crippen molar-refractivity contribution in [2.75, 3.05) is 6.61 Å². The summed E-state index contributed by atoms with van der Waals surface area (Å²) in [5.74, 6) is -1.52. The van der Waals surface area contributed by atoms with E-state index in [2.05, 4.69) is 10.3 Å². The Kier molecular flexibility index (Phi) is 3.46. The largest absolute Gasteiger partial charge is 0.394 e. The number of amides is 1. The number of rotatable bonds is 3. The zero-order valence-corrected chi connectivity index (χ0v) is 10.0. The van der Waals surface area contributed by atoms with E-state index in [9.17, 15) is 20.1 Å². The molecule has 1 aromatic heterocycles. The van der Waals surface area contributed by atoms with Crippen molar-refractivity contribution < 1.29 is 30.0 Å². The lowest BCUT2D eigenvalue weighted by atomic mass is 10.1. The number of hydrogen-bond donors (Lipinski definition) is 5. The molecule has 1 amide bonds. The van der Waals surface area contributed by atoms with Gasteiger partial charge in [-0.3, -0.25) is 4.79 Å². The Morgan fingerprint density at radius 3 is 2.70 bits per heavy atom. The molecule has 2 rings (SSSR count). The zero-order valence-electron chi connectivity index (χ0n) is 10.0. The van der Waals surface area contributed by atoms with Crippen LogP contribution < -0.4 is 5.73 Å². The number of nitrogens with two attached hydrogens (primary N) is 1. The van der Waals surface area contributed by atoms with E-state index in [0.717, 1.165) is 0 Å². The third-order valence-electron chi connectivity index (χ3n) is 2.94. The van der Waals surface area contributed by atoms with Crippen LogP contribution >= 0.6 is 0 Å². The fourth-order valence-electron chi connectivity index (χ4n) is 1.91. The van der Waals surface area contributed by atoms with Crippen molar-refractivity contribution in [1.29, 1.82) is 0 Å². The molecule has 0 radical (unpaired) electrons. The van der Waals surface area contributed by atoms with Gasteiger partial charge < -0.3 is 30.9 Å². The highest BCUT2D eigenvalue weighted by molar-refractivity contribution is 5.92. The number of terminal acetylenes is 1. The molecule has 4 atom stereocenters. The first-order valence-electron chi connectivity index (χ1n) is 5.46. The second kappa shape index (κ2) is 4.82. The molecular formula is C10H12N4O6. The lowest BCUT2D eigenvalue weighted by molar-refractivity contribution is -0.295. The second-order valence-electron chi connectivity index (χ2n) is 4.14. The smallest absolute Gasteiger partial charge is 0.301 e. The maximum absolute atomic E-state index is 11.1. The minimum atomic E-state index is -2.57. The van der Waals surface area contributed by atoms with Crippen LogP contribution in [0.25, 0.3) is 0 Å². The van der Waals surface area contributed by atoms with Gasteiger partial charge in [0, 0.05) is 0 Å². The molecule has 0 aromatic carbocycles. The van der Waals surface area contributed by atoms with Crippen LogP contribution in [0.1, 0.15) is 16.2 Å². The van der Waals surface area contributed by atoms with Gasteiger partial charge in [0.1, 0.15) is 17.9 Å². The molecule has 10 nitrogen and oxygen atoms in total. The maximum Gasteiger partial charge on any atom is 0.301 e. The van der Waals surface area contributed by atoms with E-state index in [-0.39, 0.29) is 5.69 Å². The topological polar surface area (TPSA) is 164 Å². The monoisotopic (exact) mass is 284 g/mol. The summed E-state index contributed by atoms with van der Waals surface area (Å²) in [5.41, 5.74) is 4.30. The van der Waals surface area contributed by atoms with Gasteiger partial charge in [-0.05, 0) is 5.92 Å². The fraction of sp³-hybridized carbons (Fsp3) is 0.500. The summed E-state index contributed by atoms with van der Waals surface area (Å²) in [7, 11) is 0. The Labute approximate surface area is 112 Å². The van der Waals surface area contributed by atoms with Crippen molar-refractivity contribution in [3.05, 3.63) is 11.4 Å². The number of carbonyl (C=O) groups excluding carboxylic acids is 1. The Hall–Kier alpha value is -2.03. The van der Waals surface area contributed by atoms with E-state index in [4.69, 9.17) is 22.0 Å². The predicted octanol–water partition coefficient (Wildman–Crippen LogP) is -3.93. The summed E-state index contributed by atoms with van der Waals surface area (Å²) in [6.07, 6.45) is 0.474. The average Bonchev–Trinajstić information content (AvgIpc) is 2.95. The molecule has 1 aromatic rings. The van der Waals surface area contributed by atoms with Crippen molar-refractivity contribution in [1.82, 2.24) is 15.0 Å². The van der Waals surface area contributed by atoms with Crippen molar-refractivity contribution in [2.45, 2.75) is 24.2 Å². The maximum atomic E-state index is 11.1. The molecule has 20 heavy (non-hydrogen) atoms. The molecular weight excluding hydrogens is 272 g/mol. The first kappa shape index (κ1) is 14.4. The van der Waals surface area contributed by atoms with E-state index in [1.54, 1.807) is 0 Å². The van der Waals surface area contributed by atoms with Crippen LogP contribution in [0.15, 0.2) is 0 Å². The van der Waals surface area contributed by atoms with E-state index in [1.165, 1.54) is 0 Å². The molecule has 6 N–H and O–H groups in total. The molecule has 2 heterocycles. The van der Waals surface area contributed by atoms with Gasteiger partial charge in [0.15, 0.2) is 11.8 Å². The molecule has 1 aliphatic heterocycles. The van der Waals surface area contributed by atoms with E-state index >= 15 is 0 Å². The van der Waals surface area contributed by atoms with Crippen LogP contribution in [0.2, 0.25) is 0 Å². The standard InChI is InChI=1S/C10H12N4O6/c1-2-4-6(9(11)18)12-13-14(4)10(19)8(17)7(16)5(3-15)20-10/h1,5,7-8,15-17,19H,3H2,(H2,11,18)/t5-,7-,8-,10+/m1/s1. The highest BCUT2D eigenvalue weighted by Crippen LogP contribution is 2.33. The Balaban J connectivity index is 2.52. The number of aromatic nitrogens is 3. The first-order chi connectivity index (χ1) is 9.36. The lowest BCUT2D eigenvalue weighted by Gasteiger charge is -2.25. The predicted molar refractivity (Wildman–Crippen MR) is 60.6 cm³/mol. The third kappa shape index (κ3) is 1.85. The molecule has 1 aliphatic rings. The highest BCUT2D eigenvalue weighted by atomic mass is 16.7. The minimum Gasteiger partial charge on any atom is -0.394 e. The van der Waals surface area contributed by atoms with Gasteiger partial charge in [-0.1, -0.05) is 5.21 Å². The second-order valence-corrected chi connectivity index (χ2v) is 4.14. The average molecular weight is 284 g/mol. The molecule has 1 saturated heterocycles. The molecule has 0 bridgehead atoms. The summed E-state index contributed by atoms with van der Waals surface area (Å²) in [6, 6.07) is 0. The number of primary amides is 1. The van der Waals surface area contributed by atoms with Gasteiger partial charge in [0.25, 0.3) is 5.91 Å². The summed E-state index contributed by atoms with van der Waals surface area (Å²) < 4.78 is 5.51. The summed E-state index contributed by atoms with van der Waals surface area (Å²) in [5, 5.41) is 45.5. The zero-order chi connectivity index (χ0) is 15.1. The van der Waals surface area contributed by atoms with Crippen molar-refractivity contribution >= 4 is 5.91 Å². The highest BCUT2D eigenvalue weighted by Gasteiger charge is 2.56. The van der Waals surface area contributed by atoms with Crippen molar-refractivity contribution in [3.63, 3.8) is 0 Å².